The van der Waals surface area contributed by atoms with Crippen molar-refractivity contribution < 1.29 is 14.6 Å². The second-order valence-corrected chi connectivity index (χ2v) is 7.87. The topological polar surface area (TPSA) is 54.8 Å². The van der Waals surface area contributed by atoms with E-state index in [1.807, 2.05) is 30.3 Å². The van der Waals surface area contributed by atoms with E-state index in [4.69, 9.17) is 14.5 Å². The summed E-state index contributed by atoms with van der Waals surface area (Å²) in [4.78, 5) is 7.01. The minimum absolute atomic E-state index is 0.266. The first-order chi connectivity index (χ1) is 14.2. The number of aromatic nitrogens is 1. The van der Waals surface area contributed by atoms with Crippen LogP contribution in [-0.4, -0.2) is 60.5 Å². The number of rotatable bonds is 6. The van der Waals surface area contributed by atoms with Crippen LogP contribution in [0.15, 0.2) is 42.5 Å². The minimum atomic E-state index is -0.922. The number of ether oxygens (including phenoxy) is 2. The summed E-state index contributed by atoms with van der Waals surface area (Å²) in [5.74, 6) is 7.30. The number of methoxy groups -OCH3 is 1. The normalized spacial score (nSPS) is 25.3. The summed E-state index contributed by atoms with van der Waals surface area (Å²) in [5.41, 5.74) is 1.95. The van der Waals surface area contributed by atoms with Crippen molar-refractivity contribution in [3.8, 4) is 17.7 Å². The lowest BCUT2D eigenvalue weighted by atomic mass is 9.75. The molecule has 3 saturated heterocycles. The third-order valence-electron chi connectivity index (χ3n) is 5.84. The fourth-order valence-corrected chi connectivity index (χ4v) is 4.18. The van der Waals surface area contributed by atoms with Crippen LogP contribution in [0.5, 0.6) is 5.88 Å². The van der Waals surface area contributed by atoms with E-state index in [-0.39, 0.29) is 5.92 Å². The maximum atomic E-state index is 11.1. The van der Waals surface area contributed by atoms with Crippen LogP contribution in [0, 0.1) is 17.8 Å². The van der Waals surface area contributed by atoms with Gasteiger partial charge in [0.2, 0.25) is 5.88 Å². The Labute approximate surface area is 172 Å². The van der Waals surface area contributed by atoms with Crippen molar-refractivity contribution in [2.45, 2.75) is 24.9 Å². The molecule has 0 amide bonds. The molecule has 5 heteroatoms. The second-order valence-electron chi connectivity index (χ2n) is 7.87. The first-order valence-electron chi connectivity index (χ1n) is 10.3. The highest BCUT2D eigenvalue weighted by atomic mass is 16.5. The Morgan fingerprint density at radius 3 is 2.62 bits per heavy atom. The fraction of sp³-hybridized carbons (Fsp3) is 0.458. The molecule has 2 aromatic rings. The predicted octanol–water partition coefficient (Wildman–Crippen LogP) is 2.51. The summed E-state index contributed by atoms with van der Waals surface area (Å²) in [6.07, 6.45) is 2.71. The highest BCUT2D eigenvalue weighted by Crippen LogP contribution is 2.35. The maximum absolute atomic E-state index is 11.1. The van der Waals surface area contributed by atoms with E-state index < -0.39 is 5.60 Å². The Morgan fingerprint density at radius 2 is 1.93 bits per heavy atom. The lowest BCUT2D eigenvalue weighted by molar-refractivity contribution is -0.0713. The molecule has 2 bridgehead atoms. The Morgan fingerprint density at radius 1 is 1.14 bits per heavy atom. The van der Waals surface area contributed by atoms with Crippen LogP contribution in [-0.2, 0) is 11.2 Å². The molecule has 5 nitrogen and oxygen atoms in total. The molecule has 4 heterocycles. The van der Waals surface area contributed by atoms with E-state index in [1.54, 1.807) is 7.11 Å². The standard InChI is InChI=1S/C24H28N2O3/c1-28-15-16-29-23-8-7-20(22(25-23)17-19-5-3-2-4-6-19)9-12-24(27)18-26-13-10-21(24)11-14-26/h2-8,21,27H,10-11,13-18H2,1H3. The molecule has 29 heavy (non-hydrogen) atoms. The Bertz CT molecular complexity index is 882. The molecule has 1 unspecified atom stereocenters. The van der Waals surface area contributed by atoms with E-state index in [1.165, 1.54) is 5.56 Å². The second kappa shape index (κ2) is 8.96. The van der Waals surface area contributed by atoms with Gasteiger partial charge in [-0.15, -0.1) is 0 Å². The van der Waals surface area contributed by atoms with Gasteiger partial charge < -0.3 is 14.6 Å². The Kier molecular flexibility index (Phi) is 6.15. The quantitative estimate of drug-likeness (QED) is 0.605. The third kappa shape index (κ3) is 4.79. The average molecular weight is 392 g/mol. The molecule has 1 aromatic carbocycles. The van der Waals surface area contributed by atoms with Gasteiger partial charge in [-0.25, -0.2) is 4.98 Å². The summed E-state index contributed by atoms with van der Waals surface area (Å²) >= 11 is 0. The van der Waals surface area contributed by atoms with Gasteiger partial charge in [-0.1, -0.05) is 42.2 Å². The number of piperidine rings is 3. The predicted molar refractivity (Wildman–Crippen MR) is 112 cm³/mol. The molecule has 3 aliphatic rings. The number of fused-ring (bicyclic) bond motifs is 3. The molecule has 1 aromatic heterocycles. The third-order valence-corrected chi connectivity index (χ3v) is 5.84. The molecular formula is C24H28N2O3. The van der Waals surface area contributed by atoms with Gasteiger partial charge in [0.15, 0.2) is 0 Å². The first-order valence-corrected chi connectivity index (χ1v) is 10.3. The molecule has 1 atom stereocenters. The zero-order valence-electron chi connectivity index (χ0n) is 16.9. The van der Waals surface area contributed by atoms with E-state index in [0.29, 0.717) is 32.1 Å². The Balaban J connectivity index is 1.60. The van der Waals surface area contributed by atoms with Crippen molar-refractivity contribution in [2.24, 2.45) is 5.92 Å². The lowest BCUT2D eigenvalue weighted by Crippen LogP contribution is -2.58. The maximum Gasteiger partial charge on any atom is 0.213 e. The average Bonchev–Trinajstić information content (AvgIpc) is 2.75. The molecule has 3 aliphatic heterocycles. The summed E-state index contributed by atoms with van der Waals surface area (Å²) in [6.45, 7) is 3.76. The largest absolute Gasteiger partial charge is 0.475 e. The van der Waals surface area contributed by atoms with Gasteiger partial charge in [0.1, 0.15) is 12.2 Å². The van der Waals surface area contributed by atoms with E-state index in [9.17, 15) is 5.11 Å². The first kappa shape index (κ1) is 19.9. The summed E-state index contributed by atoms with van der Waals surface area (Å²) in [6, 6.07) is 14.0. The molecule has 5 rings (SSSR count). The minimum Gasteiger partial charge on any atom is -0.475 e. The monoisotopic (exact) mass is 392 g/mol. The van der Waals surface area contributed by atoms with Gasteiger partial charge in [-0.2, -0.15) is 0 Å². The van der Waals surface area contributed by atoms with Crippen molar-refractivity contribution in [3.05, 3.63) is 59.3 Å². The van der Waals surface area contributed by atoms with Gasteiger partial charge >= 0.3 is 0 Å². The molecule has 0 aliphatic carbocycles. The molecule has 152 valence electrons. The highest BCUT2D eigenvalue weighted by molar-refractivity contribution is 5.44. The van der Waals surface area contributed by atoms with Crippen molar-refractivity contribution in [2.75, 3.05) is 40.0 Å². The Hall–Kier alpha value is -2.39. The molecule has 1 N–H and O–H groups in total. The molecule has 0 saturated carbocycles. The van der Waals surface area contributed by atoms with Gasteiger partial charge in [0.25, 0.3) is 0 Å². The number of aliphatic hydroxyl groups is 1. The smallest absolute Gasteiger partial charge is 0.213 e. The van der Waals surface area contributed by atoms with Gasteiger partial charge in [0, 0.05) is 37.6 Å². The lowest BCUT2D eigenvalue weighted by Gasteiger charge is -2.47. The SMILES string of the molecule is COCCOc1ccc(C#CC2(O)CN3CCC2CC3)c(Cc2ccccc2)n1. The highest BCUT2D eigenvalue weighted by Gasteiger charge is 2.44. The van der Waals surface area contributed by atoms with E-state index in [0.717, 1.165) is 37.2 Å². The van der Waals surface area contributed by atoms with E-state index in [2.05, 4.69) is 28.9 Å². The van der Waals surface area contributed by atoms with Crippen LogP contribution in [0.25, 0.3) is 0 Å². The molecule has 0 spiro atoms. The summed E-state index contributed by atoms with van der Waals surface area (Å²) in [7, 11) is 1.65. The van der Waals surface area contributed by atoms with Crippen molar-refractivity contribution in [1.29, 1.82) is 0 Å². The molecule has 3 fully saturated rings. The van der Waals surface area contributed by atoms with Crippen LogP contribution in [0.3, 0.4) is 0 Å². The van der Waals surface area contributed by atoms with Crippen molar-refractivity contribution >= 4 is 0 Å². The fourth-order valence-electron chi connectivity index (χ4n) is 4.18. The zero-order valence-corrected chi connectivity index (χ0v) is 16.9. The van der Waals surface area contributed by atoms with Crippen LogP contribution in [0.2, 0.25) is 0 Å². The number of nitrogens with zero attached hydrogens (tertiary/aromatic N) is 2. The van der Waals surface area contributed by atoms with Crippen LogP contribution >= 0.6 is 0 Å². The summed E-state index contributed by atoms with van der Waals surface area (Å²) in [5, 5.41) is 11.1. The number of benzene rings is 1. The number of hydrogen-bond acceptors (Lipinski definition) is 5. The zero-order chi connectivity index (χ0) is 20.1. The van der Waals surface area contributed by atoms with Crippen molar-refractivity contribution in [1.82, 2.24) is 9.88 Å². The molecule has 0 radical (unpaired) electrons. The number of pyridine rings is 1. The van der Waals surface area contributed by atoms with Gasteiger partial charge in [-0.3, -0.25) is 4.90 Å². The van der Waals surface area contributed by atoms with E-state index >= 15 is 0 Å². The number of hydrogen-bond donors (Lipinski definition) is 1. The van der Waals surface area contributed by atoms with Crippen molar-refractivity contribution in [3.63, 3.8) is 0 Å². The van der Waals surface area contributed by atoms with Gasteiger partial charge in [0.05, 0.1) is 12.3 Å². The van der Waals surface area contributed by atoms with Crippen LogP contribution in [0.1, 0.15) is 29.7 Å². The molecular weight excluding hydrogens is 364 g/mol. The summed E-state index contributed by atoms with van der Waals surface area (Å²) < 4.78 is 10.7. The van der Waals surface area contributed by atoms with Gasteiger partial charge in [-0.05, 0) is 37.6 Å². The van der Waals surface area contributed by atoms with Crippen LogP contribution in [0.4, 0.5) is 0 Å². The van der Waals surface area contributed by atoms with Crippen LogP contribution < -0.4 is 4.74 Å².